The van der Waals surface area contributed by atoms with Crippen LogP contribution in [0.2, 0.25) is 0 Å². The fourth-order valence-electron chi connectivity index (χ4n) is 2.34. The number of esters is 1. The van der Waals surface area contributed by atoms with E-state index in [0.29, 0.717) is 11.6 Å². The van der Waals surface area contributed by atoms with Crippen molar-refractivity contribution in [3.05, 3.63) is 59.4 Å². The molecule has 0 heterocycles. The van der Waals surface area contributed by atoms with Crippen LogP contribution >= 0.6 is 0 Å². The van der Waals surface area contributed by atoms with Gasteiger partial charge in [0.05, 0.1) is 12.7 Å². The van der Waals surface area contributed by atoms with E-state index in [1.165, 1.54) is 24.8 Å². The molecule has 0 radical (unpaired) electrons. The van der Waals surface area contributed by atoms with Gasteiger partial charge in [0.1, 0.15) is 0 Å². The molecule has 26 heavy (non-hydrogen) atoms. The van der Waals surface area contributed by atoms with Crippen LogP contribution in [0.3, 0.4) is 0 Å². The van der Waals surface area contributed by atoms with Gasteiger partial charge in [0.2, 0.25) is 0 Å². The van der Waals surface area contributed by atoms with Crippen LogP contribution < -0.4 is 10.1 Å². The van der Waals surface area contributed by atoms with Crippen molar-refractivity contribution in [2.45, 2.75) is 26.2 Å². The van der Waals surface area contributed by atoms with Gasteiger partial charge < -0.3 is 14.8 Å². The molecule has 1 N–H and O–H groups in total. The van der Waals surface area contributed by atoms with E-state index in [1.54, 1.807) is 12.1 Å². The number of carbonyl (C=O) groups is 2. The van der Waals surface area contributed by atoms with E-state index in [2.05, 4.69) is 19.2 Å². The molecule has 0 aromatic heterocycles. The molecule has 1 atom stereocenters. The lowest BCUT2D eigenvalue weighted by Crippen LogP contribution is -2.21. The molecular weight excluding hydrogens is 337 g/mol. The molecule has 5 nitrogen and oxygen atoms in total. The molecule has 2 aromatic rings. The topological polar surface area (TPSA) is 64.6 Å². The first-order valence-electron chi connectivity index (χ1n) is 8.35. The van der Waals surface area contributed by atoms with Crippen molar-refractivity contribution in [2.75, 3.05) is 19.0 Å². The highest BCUT2D eigenvalue weighted by Gasteiger charge is 2.13. The van der Waals surface area contributed by atoms with Crippen LogP contribution in [0, 0.1) is 5.82 Å². The first kappa shape index (κ1) is 19.4. The van der Waals surface area contributed by atoms with E-state index in [9.17, 15) is 14.0 Å². The number of amides is 1. The van der Waals surface area contributed by atoms with Crippen molar-refractivity contribution in [3.63, 3.8) is 0 Å². The number of halogens is 1. The van der Waals surface area contributed by atoms with Crippen LogP contribution in [0.4, 0.5) is 10.1 Å². The molecule has 2 rings (SSSR count). The smallest absolute Gasteiger partial charge is 0.338 e. The molecule has 1 amide bonds. The number of rotatable bonds is 7. The van der Waals surface area contributed by atoms with E-state index >= 15 is 0 Å². The second kappa shape index (κ2) is 8.99. The summed E-state index contributed by atoms with van der Waals surface area (Å²) >= 11 is 0. The molecule has 0 aliphatic rings. The largest absolute Gasteiger partial charge is 0.494 e. The van der Waals surface area contributed by atoms with Gasteiger partial charge in [0.15, 0.2) is 18.2 Å². The molecule has 0 saturated carbocycles. The Morgan fingerprint density at radius 1 is 1.15 bits per heavy atom. The summed E-state index contributed by atoms with van der Waals surface area (Å²) in [4.78, 5) is 23.8. The zero-order valence-electron chi connectivity index (χ0n) is 15.0. The van der Waals surface area contributed by atoms with Gasteiger partial charge in [-0.1, -0.05) is 26.0 Å². The molecular formula is C20H22FNO4. The second-order valence-electron chi connectivity index (χ2n) is 5.90. The minimum Gasteiger partial charge on any atom is -0.494 e. The number of nitrogens with one attached hydrogen (secondary N) is 1. The zero-order valence-corrected chi connectivity index (χ0v) is 15.0. The number of carbonyl (C=O) groups excluding carboxylic acids is 2. The standard InChI is InChI=1S/C20H22FNO4/c1-4-13(2)14-5-8-16(9-6-14)22-19(23)12-26-20(24)15-7-10-18(25-3)17(21)11-15/h5-11,13H,4,12H2,1-3H3,(H,22,23)/t13-/m0/s1. The molecule has 0 bridgehead atoms. The zero-order chi connectivity index (χ0) is 19.1. The highest BCUT2D eigenvalue weighted by molar-refractivity contribution is 5.95. The van der Waals surface area contributed by atoms with Crippen LogP contribution in [-0.4, -0.2) is 25.6 Å². The minimum absolute atomic E-state index is 0.00834. The number of benzene rings is 2. The SMILES string of the molecule is CC[C@H](C)c1ccc(NC(=O)COC(=O)c2ccc(OC)c(F)c2)cc1. The Labute approximate surface area is 152 Å². The van der Waals surface area contributed by atoms with E-state index < -0.39 is 24.3 Å². The van der Waals surface area contributed by atoms with Gasteiger partial charge in [-0.3, -0.25) is 4.79 Å². The van der Waals surface area contributed by atoms with Gasteiger partial charge in [-0.15, -0.1) is 0 Å². The lowest BCUT2D eigenvalue weighted by Gasteiger charge is -2.11. The van der Waals surface area contributed by atoms with Gasteiger partial charge in [0.25, 0.3) is 5.91 Å². The fraction of sp³-hybridized carbons (Fsp3) is 0.300. The fourth-order valence-corrected chi connectivity index (χ4v) is 2.34. The number of hydrogen-bond acceptors (Lipinski definition) is 4. The Hall–Kier alpha value is -2.89. The summed E-state index contributed by atoms with van der Waals surface area (Å²) in [7, 11) is 1.33. The number of anilines is 1. The summed E-state index contributed by atoms with van der Waals surface area (Å²) in [6.07, 6.45) is 1.04. The maximum atomic E-state index is 13.6. The van der Waals surface area contributed by atoms with Crippen LogP contribution in [0.1, 0.15) is 42.1 Å². The Balaban J connectivity index is 1.88. The van der Waals surface area contributed by atoms with Crippen molar-refractivity contribution in [3.8, 4) is 5.75 Å². The molecule has 0 spiro atoms. The van der Waals surface area contributed by atoms with Crippen LogP contribution in [-0.2, 0) is 9.53 Å². The van der Waals surface area contributed by atoms with Gasteiger partial charge in [-0.05, 0) is 48.2 Å². The molecule has 0 aliphatic carbocycles. The van der Waals surface area contributed by atoms with Gasteiger partial charge >= 0.3 is 5.97 Å². The van der Waals surface area contributed by atoms with Gasteiger partial charge in [-0.2, -0.15) is 0 Å². The molecule has 2 aromatic carbocycles. The quantitative estimate of drug-likeness (QED) is 0.755. The highest BCUT2D eigenvalue weighted by Crippen LogP contribution is 2.20. The average Bonchev–Trinajstić information content (AvgIpc) is 2.66. The third kappa shape index (κ3) is 5.05. The molecule has 0 unspecified atom stereocenters. The molecule has 0 fully saturated rings. The Morgan fingerprint density at radius 3 is 2.42 bits per heavy atom. The van der Waals surface area contributed by atoms with E-state index in [4.69, 9.17) is 9.47 Å². The van der Waals surface area contributed by atoms with Crippen molar-refractivity contribution in [1.29, 1.82) is 0 Å². The number of hydrogen-bond donors (Lipinski definition) is 1. The summed E-state index contributed by atoms with van der Waals surface area (Å²) < 4.78 is 23.3. The Bertz CT molecular complexity index is 774. The maximum Gasteiger partial charge on any atom is 0.338 e. The summed E-state index contributed by atoms with van der Waals surface area (Å²) in [6, 6.07) is 11.2. The highest BCUT2D eigenvalue weighted by atomic mass is 19.1. The Morgan fingerprint density at radius 2 is 1.85 bits per heavy atom. The van der Waals surface area contributed by atoms with Crippen LogP contribution in [0.15, 0.2) is 42.5 Å². The third-order valence-corrected chi connectivity index (χ3v) is 4.10. The van der Waals surface area contributed by atoms with Gasteiger partial charge in [0, 0.05) is 5.69 Å². The molecule has 0 aliphatic heterocycles. The van der Waals surface area contributed by atoms with E-state index in [1.807, 2.05) is 12.1 Å². The van der Waals surface area contributed by atoms with Crippen molar-refractivity contribution in [2.24, 2.45) is 0 Å². The first-order chi connectivity index (χ1) is 12.4. The van der Waals surface area contributed by atoms with E-state index in [0.717, 1.165) is 12.5 Å². The van der Waals surface area contributed by atoms with Crippen LogP contribution in [0.25, 0.3) is 0 Å². The van der Waals surface area contributed by atoms with Gasteiger partial charge in [-0.25, -0.2) is 9.18 Å². The van der Waals surface area contributed by atoms with E-state index in [-0.39, 0.29) is 11.3 Å². The summed E-state index contributed by atoms with van der Waals surface area (Å²) in [6.45, 7) is 3.79. The third-order valence-electron chi connectivity index (χ3n) is 4.10. The first-order valence-corrected chi connectivity index (χ1v) is 8.35. The maximum absolute atomic E-state index is 13.6. The van der Waals surface area contributed by atoms with Crippen molar-refractivity contribution < 1.29 is 23.5 Å². The number of methoxy groups -OCH3 is 1. The minimum atomic E-state index is -0.783. The number of ether oxygens (including phenoxy) is 2. The predicted octanol–water partition coefficient (Wildman–Crippen LogP) is 4.14. The lowest BCUT2D eigenvalue weighted by molar-refractivity contribution is -0.119. The monoisotopic (exact) mass is 359 g/mol. The Kier molecular flexibility index (Phi) is 6.72. The normalized spacial score (nSPS) is 11.5. The summed E-state index contributed by atoms with van der Waals surface area (Å²) in [5.41, 5.74) is 1.82. The lowest BCUT2D eigenvalue weighted by atomic mass is 9.99. The summed E-state index contributed by atoms with van der Waals surface area (Å²) in [5, 5.41) is 2.65. The second-order valence-corrected chi connectivity index (χ2v) is 5.90. The molecule has 0 saturated heterocycles. The average molecular weight is 359 g/mol. The van der Waals surface area contributed by atoms with Crippen molar-refractivity contribution in [1.82, 2.24) is 0 Å². The molecule has 6 heteroatoms. The molecule has 138 valence electrons. The van der Waals surface area contributed by atoms with Crippen LogP contribution in [0.5, 0.6) is 5.75 Å². The summed E-state index contributed by atoms with van der Waals surface area (Å²) in [5.74, 6) is -1.45. The van der Waals surface area contributed by atoms with Crippen molar-refractivity contribution >= 4 is 17.6 Å². The predicted molar refractivity (Wildman–Crippen MR) is 97.0 cm³/mol.